The van der Waals surface area contributed by atoms with Crippen molar-refractivity contribution in [3.05, 3.63) is 113 Å². The van der Waals surface area contributed by atoms with Gasteiger partial charge in [0.2, 0.25) is 0 Å². The summed E-state index contributed by atoms with van der Waals surface area (Å²) in [6.45, 7) is 0. The van der Waals surface area contributed by atoms with Crippen molar-refractivity contribution in [2.24, 2.45) is 4.99 Å². The number of para-hydroxylation sites is 1. The molecule has 152 valence electrons. The highest BCUT2D eigenvalue weighted by Gasteiger charge is 2.32. The molecule has 2 aromatic carbocycles. The largest absolute Gasteiger partial charge is 0.507 e. The number of thiazole rings is 1. The zero-order chi connectivity index (χ0) is 20.9. The molecule has 0 fully saturated rings. The van der Waals surface area contributed by atoms with E-state index in [9.17, 15) is 9.90 Å². The first kappa shape index (κ1) is 18.5. The van der Waals surface area contributed by atoms with E-state index in [1.54, 1.807) is 29.5 Å². The molecule has 3 heterocycles. The van der Waals surface area contributed by atoms with Gasteiger partial charge in [0.05, 0.1) is 16.3 Å². The standard InChI is InChI=1S/C25H18N2O2S2/c28-19-9-4-2-7-16(19)14-21-24(29)27-23(20-10-5-13-30-20)18-12-11-15-6-1-3-8-17(15)22(18)26-25(27)31-21/h1-10,13-14,23,28H,11-12H2/b21-14-/t23-/m0/s1. The van der Waals surface area contributed by atoms with Crippen LogP contribution in [-0.2, 0) is 6.42 Å². The SMILES string of the molecule is O=c1/c(=C/c2ccccc2O)sc2n1[C@H](c1cccs1)C1=C(N=2)c2ccccc2CC1. The summed E-state index contributed by atoms with van der Waals surface area (Å²) in [5.41, 5.74) is 5.27. The topological polar surface area (TPSA) is 54.6 Å². The van der Waals surface area contributed by atoms with Crippen LogP contribution in [0, 0.1) is 0 Å². The minimum Gasteiger partial charge on any atom is -0.507 e. The summed E-state index contributed by atoms with van der Waals surface area (Å²) in [5.74, 6) is 0.163. The maximum absolute atomic E-state index is 13.5. The average molecular weight is 443 g/mol. The van der Waals surface area contributed by atoms with Crippen molar-refractivity contribution in [3.63, 3.8) is 0 Å². The van der Waals surface area contributed by atoms with Crippen molar-refractivity contribution in [1.29, 1.82) is 0 Å². The van der Waals surface area contributed by atoms with Crippen LogP contribution in [0.15, 0.2) is 81.4 Å². The number of aromatic nitrogens is 1. The molecule has 6 heteroatoms. The number of rotatable bonds is 2. The van der Waals surface area contributed by atoms with Crippen LogP contribution in [0.1, 0.15) is 34.0 Å². The Morgan fingerprint density at radius 2 is 1.87 bits per heavy atom. The lowest BCUT2D eigenvalue weighted by atomic mass is 9.85. The summed E-state index contributed by atoms with van der Waals surface area (Å²) in [5, 5.41) is 12.2. The number of benzene rings is 2. The Balaban J connectivity index is 1.64. The first-order valence-corrected chi connectivity index (χ1v) is 11.8. The highest BCUT2D eigenvalue weighted by molar-refractivity contribution is 7.10. The van der Waals surface area contributed by atoms with Crippen molar-refractivity contribution in [1.82, 2.24) is 4.57 Å². The lowest BCUT2D eigenvalue weighted by Gasteiger charge is -2.30. The second-order valence-corrected chi connectivity index (χ2v) is 9.68. The number of nitrogens with zero attached hydrogens (tertiary/aromatic N) is 2. The molecule has 0 amide bonds. The Labute approximate surface area is 186 Å². The molecule has 4 nitrogen and oxygen atoms in total. The maximum atomic E-state index is 13.5. The normalized spacial score (nSPS) is 17.7. The number of hydrogen-bond donors (Lipinski definition) is 1. The van der Waals surface area contributed by atoms with Crippen LogP contribution in [0.5, 0.6) is 5.75 Å². The van der Waals surface area contributed by atoms with E-state index in [0.29, 0.717) is 14.9 Å². The molecule has 1 aliphatic heterocycles. The van der Waals surface area contributed by atoms with Gasteiger partial charge in [0.1, 0.15) is 5.75 Å². The summed E-state index contributed by atoms with van der Waals surface area (Å²) in [4.78, 5) is 20.4. The van der Waals surface area contributed by atoms with E-state index in [1.807, 2.05) is 22.8 Å². The molecule has 0 saturated carbocycles. The number of fused-ring (bicyclic) bond motifs is 3. The van der Waals surface area contributed by atoms with Crippen LogP contribution in [0.4, 0.5) is 0 Å². The van der Waals surface area contributed by atoms with Crippen molar-refractivity contribution in [2.75, 3.05) is 0 Å². The molecule has 0 radical (unpaired) electrons. The molecular weight excluding hydrogens is 424 g/mol. The van der Waals surface area contributed by atoms with E-state index in [0.717, 1.165) is 23.4 Å². The molecule has 1 N–H and O–H groups in total. The first-order valence-electron chi connectivity index (χ1n) is 10.2. The van der Waals surface area contributed by atoms with E-state index in [1.165, 1.54) is 28.0 Å². The van der Waals surface area contributed by atoms with Gasteiger partial charge in [0.25, 0.3) is 5.56 Å². The van der Waals surface area contributed by atoms with Gasteiger partial charge in [-0.1, -0.05) is 59.9 Å². The lowest BCUT2D eigenvalue weighted by Crippen LogP contribution is -2.38. The Morgan fingerprint density at radius 3 is 2.71 bits per heavy atom. The zero-order valence-electron chi connectivity index (χ0n) is 16.5. The molecule has 2 aromatic heterocycles. The predicted octanol–water partition coefficient (Wildman–Crippen LogP) is 4.09. The van der Waals surface area contributed by atoms with E-state index in [4.69, 9.17) is 4.99 Å². The smallest absolute Gasteiger partial charge is 0.271 e. The predicted molar refractivity (Wildman–Crippen MR) is 125 cm³/mol. The van der Waals surface area contributed by atoms with Crippen molar-refractivity contribution in [3.8, 4) is 5.75 Å². The maximum Gasteiger partial charge on any atom is 0.271 e. The molecule has 0 bridgehead atoms. The minimum atomic E-state index is -0.133. The number of thiophene rings is 1. The number of aromatic hydroxyl groups is 1. The molecule has 6 rings (SSSR count). The summed E-state index contributed by atoms with van der Waals surface area (Å²) in [6, 6.07) is 19.5. The monoisotopic (exact) mass is 442 g/mol. The van der Waals surface area contributed by atoms with Gasteiger partial charge in [0.15, 0.2) is 4.80 Å². The van der Waals surface area contributed by atoms with Crippen molar-refractivity contribution >= 4 is 34.4 Å². The van der Waals surface area contributed by atoms with E-state index in [2.05, 4.69) is 35.7 Å². The molecule has 0 saturated heterocycles. The van der Waals surface area contributed by atoms with Gasteiger partial charge in [-0.25, -0.2) is 4.99 Å². The van der Waals surface area contributed by atoms with E-state index >= 15 is 0 Å². The number of phenolic OH excluding ortho intramolecular Hbond substituents is 1. The van der Waals surface area contributed by atoms with E-state index < -0.39 is 0 Å². The molecule has 31 heavy (non-hydrogen) atoms. The van der Waals surface area contributed by atoms with Gasteiger partial charge < -0.3 is 5.11 Å². The highest BCUT2D eigenvalue weighted by Crippen LogP contribution is 2.42. The van der Waals surface area contributed by atoms with Crippen LogP contribution in [0.2, 0.25) is 0 Å². The number of phenols is 1. The van der Waals surface area contributed by atoms with Crippen LogP contribution in [-0.4, -0.2) is 9.67 Å². The quantitative estimate of drug-likeness (QED) is 0.509. The van der Waals surface area contributed by atoms with E-state index in [-0.39, 0.29) is 17.4 Å². The Morgan fingerprint density at radius 1 is 1.03 bits per heavy atom. The Kier molecular flexibility index (Phi) is 4.30. The lowest BCUT2D eigenvalue weighted by molar-refractivity contribution is 0.474. The summed E-state index contributed by atoms with van der Waals surface area (Å²) in [6.07, 6.45) is 3.61. The van der Waals surface area contributed by atoms with Crippen LogP contribution in [0.3, 0.4) is 0 Å². The molecule has 1 atom stereocenters. The second kappa shape index (κ2) is 7.18. The fourth-order valence-electron chi connectivity index (χ4n) is 4.47. The van der Waals surface area contributed by atoms with Gasteiger partial charge in [0, 0.05) is 16.0 Å². The van der Waals surface area contributed by atoms with Gasteiger partial charge in [-0.15, -0.1) is 11.3 Å². The van der Waals surface area contributed by atoms with Crippen LogP contribution >= 0.6 is 22.7 Å². The highest BCUT2D eigenvalue weighted by atomic mass is 32.1. The second-order valence-electron chi connectivity index (χ2n) is 7.69. The Bertz CT molecular complexity index is 1520. The van der Waals surface area contributed by atoms with Gasteiger partial charge in [-0.2, -0.15) is 0 Å². The molecule has 0 unspecified atom stereocenters. The van der Waals surface area contributed by atoms with Crippen molar-refractivity contribution < 1.29 is 5.11 Å². The summed E-state index contributed by atoms with van der Waals surface area (Å²) in [7, 11) is 0. The summed E-state index contributed by atoms with van der Waals surface area (Å²) < 4.78 is 2.42. The number of allylic oxidation sites excluding steroid dienone is 1. The zero-order valence-corrected chi connectivity index (χ0v) is 18.1. The van der Waals surface area contributed by atoms with Gasteiger partial charge in [-0.3, -0.25) is 9.36 Å². The molecule has 0 spiro atoms. The minimum absolute atomic E-state index is 0.0594. The molecular formula is C25H18N2O2S2. The first-order chi connectivity index (χ1) is 15.2. The molecule has 2 aliphatic rings. The van der Waals surface area contributed by atoms with Crippen LogP contribution < -0.4 is 14.9 Å². The summed E-state index contributed by atoms with van der Waals surface area (Å²) >= 11 is 3.06. The fourth-order valence-corrected chi connectivity index (χ4v) is 6.31. The van der Waals surface area contributed by atoms with Gasteiger partial charge >= 0.3 is 0 Å². The number of hydrogen-bond acceptors (Lipinski definition) is 5. The molecule has 4 aromatic rings. The average Bonchev–Trinajstić information content (AvgIpc) is 3.43. The Hall–Kier alpha value is -3.22. The third kappa shape index (κ3) is 2.94. The third-order valence-corrected chi connectivity index (χ3v) is 7.82. The van der Waals surface area contributed by atoms with Crippen LogP contribution in [0.25, 0.3) is 11.8 Å². The third-order valence-electron chi connectivity index (χ3n) is 5.91. The van der Waals surface area contributed by atoms with Crippen molar-refractivity contribution in [2.45, 2.75) is 18.9 Å². The number of aryl methyl sites for hydroxylation is 1. The molecule has 1 aliphatic carbocycles. The fraction of sp³-hybridized carbons (Fsp3) is 0.120. The van der Waals surface area contributed by atoms with Gasteiger partial charge in [-0.05, 0) is 47.6 Å².